The highest BCUT2D eigenvalue weighted by atomic mass is 35.5. The summed E-state index contributed by atoms with van der Waals surface area (Å²) < 4.78 is 68.8. The molecular formula is C24H21ClF5N5O2. The maximum absolute atomic E-state index is 14.1. The quantitative estimate of drug-likeness (QED) is 0.245. The molecule has 0 radical (unpaired) electrons. The Balaban J connectivity index is 2.21. The molecule has 1 atom stereocenters. The van der Waals surface area contributed by atoms with Crippen LogP contribution >= 0.6 is 11.6 Å². The predicted molar refractivity (Wildman–Crippen MR) is 128 cm³/mol. The number of rotatable bonds is 7. The van der Waals surface area contributed by atoms with Crippen molar-refractivity contribution in [1.82, 2.24) is 9.55 Å². The Kier molecular flexibility index (Phi) is 8.01. The topological polar surface area (TPSA) is 102 Å². The lowest BCUT2D eigenvalue weighted by Gasteiger charge is -2.19. The van der Waals surface area contributed by atoms with Gasteiger partial charge in [-0.25, -0.2) is 13.8 Å². The molecule has 0 saturated carbocycles. The molecule has 7 nitrogen and oxygen atoms in total. The van der Waals surface area contributed by atoms with E-state index in [4.69, 9.17) is 17.3 Å². The standard InChI is InChI=1S/C24H21ClF5N5O2/c1-11(36)10-35-19(12(2)17-9-15(26)4-5-18(17)25)21(33-22(35)20(31)32-3)34-23(37)13-6-14(24(28,29)30)8-16(27)7-13/h4-9,12H,10H2,1-3H3,(H2,31,32)(H,34,37)/t12-/m1/s1. The second-order valence-corrected chi connectivity index (χ2v) is 8.54. The molecule has 0 bridgehead atoms. The fourth-order valence-electron chi connectivity index (χ4n) is 3.73. The van der Waals surface area contributed by atoms with E-state index >= 15 is 0 Å². The van der Waals surface area contributed by atoms with Crippen molar-refractivity contribution in [3.63, 3.8) is 0 Å². The normalized spacial score (nSPS) is 12.9. The van der Waals surface area contributed by atoms with Crippen molar-refractivity contribution >= 4 is 34.9 Å². The molecule has 0 unspecified atom stereocenters. The van der Waals surface area contributed by atoms with Crippen LogP contribution in [0.25, 0.3) is 0 Å². The number of nitrogens with two attached hydrogens (primary N) is 1. The van der Waals surface area contributed by atoms with E-state index in [1.807, 2.05) is 0 Å². The second-order valence-electron chi connectivity index (χ2n) is 8.13. The van der Waals surface area contributed by atoms with E-state index in [2.05, 4.69) is 15.3 Å². The third-order valence-corrected chi connectivity index (χ3v) is 5.76. The number of benzene rings is 2. The molecule has 0 fully saturated rings. The van der Waals surface area contributed by atoms with Crippen molar-refractivity contribution in [2.75, 3.05) is 12.4 Å². The maximum Gasteiger partial charge on any atom is 0.416 e. The zero-order valence-corrected chi connectivity index (χ0v) is 20.5. The van der Waals surface area contributed by atoms with Crippen molar-refractivity contribution in [3.05, 3.63) is 81.3 Å². The Morgan fingerprint density at radius 3 is 2.43 bits per heavy atom. The minimum atomic E-state index is -4.90. The summed E-state index contributed by atoms with van der Waals surface area (Å²) in [5.41, 5.74) is 4.38. The van der Waals surface area contributed by atoms with Gasteiger partial charge in [-0.3, -0.25) is 14.6 Å². The number of hydrogen-bond acceptors (Lipinski definition) is 4. The number of anilines is 1. The predicted octanol–water partition coefficient (Wildman–Crippen LogP) is 5.16. The molecule has 37 heavy (non-hydrogen) atoms. The Hall–Kier alpha value is -3.80. The average Bonchev–Trinajstić information content (AvgIpc) is 3.15. The van der Waals surface area contributed by atoms with E-state index in [-0.39, 0.29) is 52.2 Å². The van der Waals surface area contributed by atoms with Crippen LogP contribution in [0, 0.1) is 11.6 Å². The molecule has 2 aromatic carbocycles. The van der Waals surface area contributed by atoms with E-state index in [9.17, 15) is 31.5 Å². The number of hydrogen-bond donors (Lipinski definition) is 2. The molecule has 13 heteroatoms. The van der Waals surface area contributed by atoms with Crippen LogP contribution in [0.1, 0.15) is 52.8 Å². The smallest absolute Gasteiger partial charge is 0.381 e. The first-order valence-corrected chi connectivity index (χ1v) is 11.1. The van der Waals surface area contributed by atoms with Gasteiger partial charge in [0.15, 0.2) is 17.5 Å². The van der Waals surface area contributed by atoms with Crippen molar-refractivity contribution in [1.29, 1.82) is 0 Å². The van der Waals surface area contributed by atoms with Gasteiger partial charge in [0.05, 0.1) is 17.8 Å². The van der Waals surface area contributed by atoms with Crippen LogP contribution in [0.2, 0.25) is 5.02 Å². The van der Waals surface area contributed by atoms with Gasteiger partial charge >= 0.3 is 6.18 Å². The Labute approximate surface area is 213 Å². The molecule has 0 aliphatic carbocycles. The summed E-state index contributed by atoms with van der Waals surface area (Å²) in [6, 6.07) is 4.99. The molecule has 0 saturated heterocycles. The minimum Gasteiger partial charge on any atom is -0.381 e. The fraction of sp³-hybridized carbons (Fsp3) is 0.250. The second kappa shape index (κ2) is 10.7. The number of carbonyl (C=O) groups is 2. The first-order valence-electron chi connectivity index (χ1n) is 10.7. The summed E-state index contributed by atoms with van der Waals surface area (Å²) in [6.07, 6.45) is -4.90. The zero-order valence-electron chi connectivity index (χ0n) is 19.8. The van der Waals surface area contributed by atoms with E-state index < -0.39 is 40.8 Å². The zero-order chi connectivity index (χ0) is 27.7. The van der Waals surface area contributed by atoms with E-state index in [1.165, 1.54) is 24.6 Å². The van der Waals surface area contributed by atoms with Crippen LogP contribution < -0.4 is 11.1 Å². The summed E-state index contributed by atoms with van der Waals surface area (Å²) in [5, 5.41) is 2.53. The van der Waals surface area contributed by atoms with Crippen molar-refractivity contribution in [2.45, 2.75) is 32.5 Å². The molecule has 3 N–H and O–H groups in total. The van der Waals surface area contributed by atoms with E-state index in [1.54, 1.807) is 6.92 Å². The third kappa shape index (κ3) is 6.13. The van der Waals surface area contributed by atoms with Crippen molar-refractivity contribution in [2.24, 2.45) is 10.7 Å². The summed E-state index contributed by atoms with van der Waals surface area (Å²) in [7, 11) is 1.36. The van der Waals surface area contributed by atoms with E-state index in [0.717, 1.165) is 12.1 Å². The Morgan fingerprint density at radius 2 is 1.84 bits per heavy atom. The summed E-state index contributed by atoms with van der Waals surface area (Å²) >= 11 is 6.28. The van der Waals surface area contributed by atoms with Gasteiger partial charge in [0.25, 0.3) is 5.91 Å². The number of carbonyl (C=O) groups excluding carboxylic acids is 2. The summed E-state index contributed by atoms with van der Waals surface area (Å²) in [5.74, 6) is -4.49. The Morgan fingerprint density at radius 1 is 1.16 bits per heavy atom. The molecule has 0 aliphatic heterocycles. The van der Waals surface area contributed by atoms with Gasteiger partial charge < -0.3 is 15.6 Å². The SMILES string of the molecule is CN=C(N)c1nc(NC(=O)c2cc(F)cc(C(F)(F)F)c2)c([C@H](C)c2cc(F)ccc2Cl)n1CC(C)=O. The minimum absolute atomic E-state index is 0.0300. The molecule has 1 amide bonds. The first-order chi connectivity index (χ1) is 17.2. The number of ketones is 1. The molecule has 1 aromatic heterocycles. The summed E-state index contributed by atoms with van der Waals surface area (Å²) in [6.45, 7) is 2.60. The highest BCUT2D eigenvalue weighted by molar-refractivity contribution is 6.31. The number of halogens is 6. The van der Waals surface area contributed by atoms with Crippen LogP contribution in [0.3, 0.4) is 0 Å². The number of Topliss-reactive ketones (excluding diaryl/α,β-unsaturated/α-hetero) is 1. The number of aromatic nitrogens is 2. The van der Waals surface area contributed by atoms with Gasteiger partial charge in [-0.15, -0.1) is 0 Å². The van der Waals surface area contributed by atoms with Gasteiger partial charge in [0, 0.05) is 23.6 Å². The van der Waals surface area contributed by atoms with Gasteiger partial charge in [-0.1, -0.05) is 18.5 Å². The molecule has 3 rings (SSSR count). The number of alkyl halides is 3. The van der Waals surface area contributed by atoms with Crippen molar-refractivity contribution in [3.8, 4) is 0 Å². The van der Waals surface area contributed by atoms with Crippen molar-refractivity contribution < 1.29 is 31.5 Å². The monoisotopic (exact) mass is 541 g/mol. The van der Waals surface area contributed by atoms with Gasteiger partial charge in [0.1, 0.15) is 17.4 Å². The van der Waals surface area contributed by atoms with Crippen LogP contribution in [0.4, 0.5) is 27.8 Å². The maximum atomic E-state index is 14.1. The van der Waals surface area contributed by atoms with Gasteiger partial charge in [0.2, 0.25) is 0 Å². The molecule has 0 aliphatic rings. The van der Waals surface area contributed by atoms with Crippen LogP contribution in [-0.2, 0) is 17.5 Å². The van der Waals surface area contributed by atoms with Crippen LogP contribution in [0.15, 0.2) is 41.4 Å². The molecule has 196 valence electrons. The Bertz CT molecular complexity index is 1400. The third-order valence-electron chi connectivity index (χ3n) is 5.41. The molecular weight excluding hydrogens is 521 g/mol. The van der Waals surface area contributed by atoms with Crippen LogP contribution in [0.5, 0.6) is 0 Å². The lowest BCUT2D eigenvalue weighted by molar-refractivity contribution is -0.137. The highest BCUT2D eigenvalue weighted by Gasteiger charge is 2.33. The highest BCUT2D eigenvalue weighted by Crippen LogP contribution is 2.36. The molecule has 1 heterocycles. The van der Waals surface area contributed by atoms with Crippen LogP contribution in [-0.4, -0.2) is 34.1 Å². The number of imidazole rings is 1. The van der Waals surface area contributed by atoms with Gasteiger partial charge in [-0.2, -0.15) is 13.2 Å². The fourth-order valence-corrected chi connectivity index (χ4v) is 4.01. The number of amides is 1. The largest absolute Gasteiger partial charge is 0.416 e. The molecule has 0 spiro atoms. The lowest BCUT2D eigenvalue weighted by atomic mass is 9.96. The average molecular weight is 542 g/mol. The number of nitrogens with one attached hydrogen (secondary N) is 1. The number of aliphatic imine (C=N–C) groups is 1. The molecule has 3 aromatic rings. The lowest BCUT2D eigenvalue weighted by Crippen LogP contribution is -2.23. The summed E-state index contributed by atoms with van der Waals surface area (Å²) in [4.78, 5) is 33.2. The van der Waals surface area contributed by atoms with E-state index in [0.29, 0.717) is 12.1 Å². The first kappa shape index (κ1) is 27.8. The van der Waals surface area contributed by atoms with Gasteiger partial charge in [-0.05, 0) is 48.9 Å². The number of amidine groups is 1. The number of nitrogens with zero attached hydrogens (tertiary/aromatic N) is 3.